The molecule has 0 aliphatic heterocycles. The number of hydrogen-bond acceptors (Lipinski definition) is 4. The van der Waals surface area contributed by atoms with Gasteiger partial charge in [0.2, 0.25) is 4.96 Å². The third-order valence-electron chi connectivity index (χ3n) is 4.40. The molecule has 0 N–H and O–H groups in total. The van der Waals surface area contributed by atoms with Gasteiger partial charge < -0.3 is 0 Å². The van der Waals surface area contributed by atoms with Crippen molar-refractivity contribution in [2.24, 2.45) is 0 Å². The van der Waals surface area contributed by atoms with Gasteiger partial charge in [-0.05, 0) is 37.1 Å². The van der Waals surface area contributed by atoms with Crippen LogP contribution in [0.15, 0.2) is 24.3 Å². The van der Waals surface area contributed by atoms with Gasteiger partial charge in [-0.1, -0.05) is 30.6 Å². The van der Waals surface area contributed by atoms with Crippen molar-refractivity contribution in [1.82, 2.24) is 14.6 Å². The van der Waals surface area contributed by atoms with E-state index in [1.54, 1.807) is 28.0 Å². The SMILES string of the molecule is N#Cc1c(-c2ccc(F)cc2)nc2sc(C3CCCCC3)nn12. The third-order valence-corrected chi connectivity index (χ3v) is 5.47. The van der Waals surface area contributed by atoms with Crippen LogP contribution in [-0.2, 0) is 0 Å². The molecule has 0 spiro atoms. The van der Waals surface area contributed by atoms with Crippen LogP contribution in [0, 0.1) is 17.1 Å². The number of benzene rings is 1. The molecule has 4 rings (SSSR count). The van der Waals surface area contributed by atoms with Gasteiger partial charge in [-0.15, -0.1) is 0 Å². The Morgan fingerprint density at radius 1 is 1.17 bits per heavy atom. The summed E-state index contributed by atoms with van der Waals surface area (Å²) in [5, 5.41) is 15.2. The highest BCUT2D eigenvalue weighted by atomic mass is 32.1. The molecular formula is C17H15FN4S. The maximum Gasteiger partial charge on any atom is 0.214 e. The molecule has 4 nitrogen and oxygen atoms in total. The summed E-state index contributed by atoms with van der Waals surface area (Å²) in [5.41, 5.74) is 1.73. The lowest BCUT2D eigenvalue weighted by atomic mass is 9.90. The number of rotatable bonds is 2. The van der Waals surface area contributed by atoms with E-state index >= 15 is 0 Å². The Morgan fingerprint density at radius 3 is 2.61 bits per heavy atom. The molecule has 0 unspecified atom stereocenters. The number of aromatic nitrogens is 3. The van der Waals surface area contributed by atoms with Crippen molar-refractivity contribution in [2.45, 2.75) is 38.0 Å². The van der Waals surface area contributed by atoms with E-state index in [0.29, 0.717) is 17.3 Å². The molecule has 116 valence electrons. The van der Waals surface area contributed by atoms with Crippen LogP contribution >= 0.6 is 11.3 Å². The van der Waals surface area contributed by atoms with Gasteiger partial charge in [0.15, 0.2) is 5.69 Å². The molecule has 2 aromatic heterocycles. The molecule has 0 amide bonds. The zero-order valence-electron chi connectivity index (χ0n) is 12.5. The van der Waals surface area contributed by atoms with Crippen molar-refractivity contribution < 1.29 is 4.39 Å². The number of hydrogen-bond donors (Lipinski definition) is 0. The summed E-state index contributed by atoms with van der Waals surface area (Å²) in [6, 6.07) is 8.25. The molecule has 1 aliphatic carbocycles. The summed E-state index contributed by atoms with van der Waals surface area (Å²) in [6.07, 6.45) is 6.14. The highest BCUT2D eigenvalue weighted by Crippen LogP contribution is 2.36. The standard InChI is InChI=1S/C17H15FN4S/c18-13-8-6-11(7-9-13)15-14(10-19)22-17(20-15)23-16(21-22)12-4-2-1-3-5-12/h6-9,12H,1-5H2. The second-order valence-electron chi connectivity index (χ2n) is 5.90. The van der Waals surface area contributed by atoms with Crippen LogP contribution in [0.2, 0.25) is 0 Å². The number of nitriles is 1. The van der Waals surface area contributed by atoms with E-state index in [-0.39, 0.29) is 5.82 Å². The smallest absolute Gasteiger partial charge is 0.214 e. The van der Waals surface area contributed by atoms with E-state index in [4.69, 9.17) is 0 Å². The summed E-state index contributed by atoms with van der Waals surface area (Å²) in [4.78, 5) is 5.31. The zero-order chi connectivity index (χ0) is 15.8. The average molecular weight is 326 g/mol. The lowest BCUT2D eigenvalue weighted by Gasteiger charge is -2.18. The van der Waals surface area contributed by atoms with E-state index in [2.05, 4.69) is 16.2 Å². The number of fused-ring (bicyclic) bond motifs is 1. The van der Waals surface area contributed by atoms with Gasteiger partial charge in [-0.2, -0.15) is 14.9 Å². The summed E-state index contributed by atoms with van der Waals surface area (Å²) in [7, 11) is 0. The summed E-state index contributed by atoms with van der Waals surface area (Å²) in [5.74, 6) is 0.197. The lowest BCUT2D eigenvalue weighted by molar-refractivity contribution is 0.439. The fraction of sp³-hybridized carbons (Fsp3) is 0.353. The molecule has 0 saturated heterocycles. The van der Waals surface area contributed by atoms with Crippen molar-refractivity contribution in [3.8, 4) is 17.3 Å². The molecule has 0 radical (unpaired) electrons. The van der Waals surface area contributed by atoms with Crippen LogP contribution < -0.4 is 0 Å². The van der Waals surface area contributed by atoms with Gasteiger partial charge in [0, 0.05) is 11.5 Å². The number of imidazole rings is 1. The second kappa shape index (κ2) is 5.74. The minimum Gasteiger partial charge on any atom is -0.216 e. The summed E-state index contributed by atoms with van der Waals surface area (Å²) >= 11 is 1.57. The predicted molar refractivity (Wildman–Crippen MR) is 86.8 cm³/mol. The molecule has 3 aromatic rings. The van der Waals surface area contributed by atoms with Crippen molar-refractivity contribution in [3.05, 3.63) is 40.8 Å². The summed E-state index contributed by atoms with van der Waals surface area (Å²) in [6.45, 7) is 0. The minimum absolute atomic E-state index is 0.300. The first-order chi connectivity index (χ1) is 11.3. The van der Waals surface area contributed by atoms with Gasteiger partial charge in [-0.3, -0.25) is 0 Å². The molecule has 1 aliphatic rings. The third kappa shape index (κ3) is 2.51. The van der Waals surface area contributed by atoms with Crippen LogP contribution in [-0.4, -0.2) is 14.6 Å². The molecule has 23 heavy (non-hydrogen) atoms. The molecule has 0 bridgehead atoms. The predicted octanol–water partition coefficient (Wildman–Crippen LogP) is 4.52. The fourth-order valence-electron chi connectivity index (χ4n) is 3.19. The van der Waals surface area contributed by atoms with Crippen LogP contribution in [0.1, 0.15) is 48.7 Å². The molecule has 6 heteroatoms. The second-order valence-corrected chi connectivity index (χ2v) is 6.88. The number of halogens is 1. The number of nitrogens with zero attached hydrogens (tertiary/aromatic N) is 4. The van der Waals surface area contributed by atoms with Crippen molar-refractivity contribution in [1.29, 1.82) is 5.26 Å². The van der Waals surface area contributed by atoms with E-state index in [1.165, 1.54) is 44.2 Å². The first-order valence-corrected chi connectivity index (χ1v) is 8.63. The Labute approximate surface area is 137 Å². The maximum absolute atomic E-state index is 13.1. The van der Waals surface area contributed by atoms with Crippen LogP contribution in [0.4, 0.5) is 4.39 Å². The van der Waals surface area contributed by atoms with E-state index in [0.717, 1.165) is 15.5 Å². The Hall–Kier alpha value is -2.26. The van der Waals surface area contributed by atoms with Gasteiger partial charge in [-0.25, -0.2) is 9.37 Å². The largest absolute Gasteiger partial charge is 0.216 e. The Balaban J connectivity index is 1.77. The van der Waals surface area contributed by atoms with Crippen molar-refractivity contribution >= 4 is 16.3 Å². The fourth-order valence-corrected chi connectivity index (χ4v) is 4.25. The first kappa shape index (κ1) is 14.3. The van der Waals surface area contributed by atoms with E-state index in [9.17, 15) is 9.65 Å². The highest BCUT2D eigenvalue weighted by molar-refractivity contribution is 7.16. The molecule has 1 aromatic carbocycles. The monoisotopic (exact) mass is 326 g/mol. The Bertz CT molecular complexity index is 882. The van der Waals surface area contributed by atoms with Gasteiger partial charge in [0.25, 0.3) is 0 Å². The van der Waals surface area contributed by atoms with Crippen LogP contribution in [0.5, 0.6) is 0 Å². The van der Waals surface area contributed by atoms with Crippen LogP contribution in [0.3, 0.4) is 0 Å². The van der Waals surface area contributed by atoms with E-state index < -0.39 is 0 Å². The first-order valence-electron chi connectivity index (χ1n) is 7.82. The average Bonchev–Trinajstić information content (AvgIpc) is 3.14. The Morgan fingerprint density at radius 2 is 1.91 bits per heavy atom. The molecular weight excluding hydrogens is 311 g/mol. The topological polar surface area (TPSA) is 54.0 Å². The highest BCUT2D eigenvalue weighted by Gasteiger charge is 2.23. The molecule has 1 fully saturated rings. The molecule has 1 saturated carbocycles. The van der Waals surface area contributed by atoms with Gasteiger partial charge in [0.05, 0.1) is 0 Å². The van der Waals surface area contributed by atoms with E-state index in [1.807, 2.05) is 0 Å². The van der Waals surface area contributed by atoms with Crippen LogP contribution in [0.25, 0.3) is 16.2 Å². The zero-order valence-corrected chi connectivity index (χ0v) is 13.3. The molecule has 0 atom stereocenters. The molecule has 2 heterocycles. The van der Waals surface area contributed by atoms with Gasteiger partial charge >= 0.3 is 0 Å². The van der Waals surface area contributed by atoms with Gasteiger partial charge in [0.1, 0.15) is 22.6 Å². The summed E-state index contributed by atoms with van der Waals surface area (Å²) < 4.78 is 14.7. The maximum atomic E-state index is 13.1. The normalized spacial score (nSPS) is 15.8. The Kier molecular flexibility index (Phi) is 3.58. The minimum atomic E-state index is -0.300. The quantitative estimate of drug-likeness (QED) is 0.696. The van der Waals surface area contributed by atoms with Crippen molar-refractivity contribution in [2.75, 3.05) is 0 Å². The van der Waals surface area contributed by atoms with Crippen molar-refractivity contribution in [3.63, 3.8) is 0 Å². The lowest BCUT2D eigenvalue weighted by Crippen LogP contribution is -2.05.